The zero-order valence-corrected chi connectivity index (χ0v) is 8.98. The van der Waals surface area contributed by atoms with Crippen molar-refractivity contribution in [3.8, 4) is 0 Å². The minimum Gasteiger partial charge on any atom is -0.325 e. The van der Waals surface area contributed by atoms with Crippen molar-refractivity contribution in [2.45, 2.75) is 6.92 Å². The number of pyridine rings is 1. The van der Waals surface area contributed by atoms with Crippen LogP contribution >= 0.6 is 15.9 Å². The Labute approximate surface area is 87.9 Å². The number of aromatic nitrogens is 1. The van der Waals surface area contributed by atoms with Gasteiger partial charge in [-0.2, -0.15) is 0 Å². The molecule has 1 heterocycles. The number of benzene rings is 1. The highest BCUT2D eigenvalue weighted by Gasteiger charge is 2.09. The van der Waals surface area contributed by atoms with Crippen LogP contribution < -0.4 is 5.56 Å². The first kappa shape index (κ1) is 9.40. The quantitative estimate of drug-likeness (QED) is 0.772. The molecule has 0 amide bonds. The van der Waals surface area contributed by atoms with Gasteiger partial charge in [-0.1, -0.05) is 12.1 Å². The van der Waals surface area contributed by atoms with Crippen molar-refractivity contribution in [2.24, 2.45) is 0 Å². The summed E-state index contributed by atoms with van der Waals surface area (Å²) in [4.78, 5) is 14.0. The number of hydrogen-bond acceptors (Lipinski definition) is 1. The summed E-state index contributed by atoms with van der Waals surface area (Å²) >= 11 is 3.31. The smallest absolute Gasteiger partial charge is 0.259 e. The molecule has 0 saturated carbocycles. The third kappa shape index (κ3) is 1.26. The van der Waals surface area contributed by atoms with E-state index in [1.54, 1.807) is 19.1 Å². The third-order valence-electron chi connectivity index (χ3n) is 2.11. The van der Waals surface area contributed by atoms with Crippen molar-refractivity contribution in [3.63, 3.8) is 0 Å². The van der Waals surface area contributed by atoms with E-state index in [-0.39, 0.29) is 10.9 Å². The average molecular weight is 256 g/mol. The van der Waals surface area contributed by atoms with Gasteiger partial charge < -0.3 is 4.98 Å². The Balaban J connectivity index is 3.10. The van der Waals surface area contributed by atoms with Crippen LogP contribution in [0, 0.1) is 12.7 Å². The van der Waals surface area contributed by atoms with Gasteiger partial charge in [0.25, 0.3) is 5.56 Å². The van der Waals surface area contributed by atoms with Gasteiger partial charge in [-0.25, -0.2) is 4.39 Å². The van der Waals surface area contributed by atoms with Crippen molar-refractivity contribution in [1.29, 1.82) is 0 Å². The zero-order chi connectivity index (χ0) is 10.3. The first-order valence-corrected chi connectivity index (χ1v) is 4.87. The minimum atomic E-state index is -0.496. The van der Waals surface area contributed by atoms with Crippen molar-refractivity contribution >= 4 is 26.7 Å². The van der Waals surface area contributed by atoms with Crippen molar-refractivity contribution < 1.29 is 4.39 Å². The summed E-state index contributed by atoms with van der Waals surface area (Å²) in [5.41, 5.74) is 0.312. The summed E-state index contributed by atoms with van der Waals surface area (Å²) in [6.07, 6.45) is 0. The first-order valence-electron chi connectivity index (χ1n) is 4.08. The highest BCUT2D eigenvalue weighted by molar-refractivity contribution is 9.10. The predicted octanol–water partition coefficient (Wildman–Crippen LogP) is 2.74. The second kappa shape index (κ2) is 3.20. The molecule has 0 spiro atoms. The monoisotopic (exact) mass is 255 g/mol. The van der Waals surface area contributed by atoms with Gasteiger partial charge in [0.2, 0.25) is 0 Å². The SMILES string of the molecule is Cc1[nH]c(=O)c2c(F)cccc2c1Br. The first-order chi connectivity index (χ1) is 6.61. The molecule has 4 heteroatoms. The molecule has 0 bridgehead atoms. The van der Waals surface area contributed by atoms with E-state index in [0.717, 1.165) is 4.47 Å². The van der Waals surface area contributed by atoms with Crippen LogP contribution in [0.15, 0.2) is 27.5 Å². The zero-order valence-electron chi connectivity index (χ0n) is 7.40. The van der Waals surface area contributed by atoms with Crippen LogP contribution in [-0.2, 0) is 0 Å². The summed E-state index contributed by atoms with van der Waals surface area (Å²) in [5.74, 6) is -0.496. The molecule has 1 N–H and O–H groups in total. The van der Waals surface area contributed by atoms with E-state index in [2.05, 4.69) is 20.9 Å². The Morgan fingerprint density at radius 1 is 1.43 bits per heavy atom. The molecule has 0 atom stereocenters. The molecule has 0 radical (unpaired) electrons. The molecule has 1 aromatic heterocycles. The molecule has 0 unspecified atom stereocenters. The Bertz CT molecular complexity index is 562. The highest BCUT2D eigenvalue weighted by atomic mass is 79.9. The molecule has 2 nitrogen and oxygen atoms in total. The summed E-state index contributed by atoms with van der Waals surface area (Å²) in [7, 11) is 0. The summed E-state index contributed by atoms with van der Waals surface area (Å²) in [6.45, 7) is 1.76. The van der Waals surface area contributed by atoms with Crippen LogP contribution in [0.2, 0.25) is 0 Å². The van der Waals surface area contributed by atoms with Crippen LogP contribution in [0.5, 0.6) is 0 Å². The van der Waals surface area contributed by atoms with Gasteiger partial charge in [-0.3, -0.25) is 4.79 Å². The Morgan fingerprint density at radius 3 is 2.86 bits per heavy atom. The van der Waals surface area contributed by atoms with Gasteiger partial charge in [-0.15, -0.1) is 0 Å². The molecule has 14 heavy (non-hydrogen) atoms. The lowest BCUT2D eigenvalue weighted by molar-refractivity contribution is 0.638. The fourth-order valence-electron chi connectivity index (χ4n) is 1.43. The molecule has 2 aromatic rings. The number of fused-ring (bicyclic) bond motifs is 1. The van der Waals surface area contributed by atoms with Gasteiger partial charge in [0, 0.05) is 15.6 Å². The lowest BCUT2D eigenvalue weighted by Gasteiger charge is -2.03. The normalized spacial score (nSPS) is 10.8. The van der Waals surface area contributed by atoms with E-state index in [0.29, 0.717) is 11.1 Å². The van der Waals surface area contributed by atoms with Crippen LogP contribution in [0.3, 0.4) is 0 Å². The molecule has 0 aliphatic carbocycles. The van der Waals surface area contributed by atoms with Gasteiger partial charge in [0.05, 0.1) is 5.39 Å². The Morgan fingerprint density at radius 2 is 2.14 bits per heavy atom. The topological polar surface area (TPSA) is 32.9 Å². The molecular formula is C10H7BrFNO. The second-order valence-corrected chi connectivity index (χ2v) is 3.85. The maximum Gasteiger partial charge on any atom is 0.259 e. The molecule has 1 aromatic carbocycles. The number of H-pyrrole nitrogens is 1. The largest absolute Gasteiger partial charge is 0.325 e. The van der Waals surface area contributed by atoms with Crippen molar-refractivity contribution in [2.75, 3.05) is 0 Å². The lowest BCUT2D eigenvalue weighted by Crippen LogP contribution is -2.09. The van der Waals surface area contributed by atoms with E-state index < -0.39 is 5.82 Å². The number of rotatable bonds is 0. The molecule has 0 fully saturated rings. The molecule has 0 aliphatic rings. The average Bonchev–Trinajstić information content (AvgIpc) is 2.14. The number of aromatic amines is 1. The number of nitrogens with one attached hydrogen (secondary N) is 1. The fraction of sp³-hybridized carbons (Fsp3) is 0.100. The van der Waals surface area contributed by atoms with Gasteiger partial charge in [0.1, 0.15) is 5.82 Å². The summed E-state index contributed by atoms with van der Waals surface area (Å²) in [5, 5.41) is 0.705. The van der Waals surface area contributed by atoms with Crippen LogP contribution in [-0.4, -0.2) is 4.98 Å². The molecule has 0 aliphatic heterocycles. The summed E-state index contributed by atoms with van der Waals surface area (Å²) < 4.78 is 14.0. The van der Waals surface area contributed by atoms with Crippen molar-refractivity contribution in [1.82, 2.24) is 4.98 Å². The van der Waals surface area contributed by atoms with E-state index in [4.69, 9.17) is 0 Å². The maximum absolute atomic E-state index is 13.3. The van der Waals surface area contributed by atoms with Crippen LogP contribution in [0.4, 0.5) is 4.39 Å². The van der Waals surface area contributed by atoms with E-state index >= 15 is 0 Å². The van der Waals surface area contributed by atoms with Crippen LogP contribution in [0.1, 0.15) is 5.69 Å². The fourth-order valence-corrected chi connectivity index (χ4v) is 1.86. The number of halogens is 2. The van der Waals surface area contributed by atoms with E-state index in [9.17, 15) is 9.18 Å². The maximum atomic E-state index is 13.3. The Kier molecular flexibility index (Phi) is 2.15. The van der Waals surface area contributed by atoms with E-state index in [1.807, 2.05) is 0 Å². The van der Waals surface area contributed by atoms with Gasteiger partial charge in [0.15, 0.2) is 0 Å². The molecular weight excluding hydrogens is 249 g/mol. The van der Waals surface area contributed by atoms with Gasteiger partial charge in [-0.05, 0) is 28.9 Å². The minimum absolute atomic E-state index is 0.102. The van der Waals surface area contributed by atoms with E-state index in [1.165, 1.54) is 6.07 Å². The Hall–Kier alpha value is -1.16. The predicted molar refractivity (Wildman–Crippen MR) is 57.0 cm³/mol. The molecule has 2 rings (SSSR count). The second-order valence-electron chi connectivity index (χ2n) is 3.06. The third-order valence-corrected chi connectivity index (χ3v) is 3.13. The lowest BCUT2D eigenvalue weighted by atomic mass is 10.1. The van der Waals surface area contributed by atoms with Crippen molar-refractivity contribution in [3.05, 3.63) is 44.5 Å². The van der Waals surface area contributed by atoms with Crippen LogP contribution in [0.25, 0.3) is 10.8 Å². The molecule has 0 saturated heterocycles. The summed E-state index contributed by atoms with van der Waals surface area (Å²) in [6, 6.07) is 4.57. The number of hydrogen-bond donors (Lipinski definition) is 1. The highest BCUT2D eigenvalue weighted by Crippen LogP contribution is 2.24. The number of aryl methyl sites for hydroxylation is 1. The standard InChI is InChI=1S/C10H7BrFNO/c1-5-9(11)6-3-2-4-7(12)8(6)10(14)13-5/h2-4H,1H3,(H,13,14). The molecule has 72 valence electrons. The van der Waals surface area contributed by atoms with Gasteiger partial charge >= 0.3 is 0 Å².